The molecule has 1 aromatic rings. The first-order valence-corrected chi connectivity index (χ1v) is 9.09. The van der Waals surface area contributed by atoms with Crippen molar-refractivity contribution in [1.82, 2.24) is 15.1 Å². The number of rotatable bonds is 3. The van der Waals surface area contributed by atoms with Crippen LogP contribution in [0.15, 0.2) is 29.3 Å². The number of carbonyl (C=O) groups is 1. The van der Waals surface area contributed by atoms with E-state index < -0.39 is 5.60 Å². The zero-order valence-corrected chi connectivity index (χ0v) is 15.7. The van der Waals surface area contributed by atoms with Crippen molar-refractivity contribution in [3.63, 3.8) is 0 Å². The highest BCUT2D eigenvalue weighted by molar-refractivity contribution is 5.82. The molecule has 0 saturated carbocycles. The van der Waals surface area contributed by atoms with Gasteiger partial charge in [-0.2, -0.15) is 0 Å². The second kappa shape index (κ2) is 7.51. The van der Waals surface area contributed by atoms with Gasteiger partial charge < -0.3 is 19.9 Å². The third-order valence-electron chi connectivity index (χ3n) is 4.47. The van der Waals surface area contributed by atoms with Gasteiger partial charge in [-0.05, 0) is 44.9 Å². The lowest BCUT2D eigenvalue weighted by atomic mass is 10.1. The Kier molecular flexibility index (Phi) is 5.34. The fourth-order valence-electron chi connectivity index (χ4n) is 3.19. The molecular formula is C19H27FN4O2. The fraction of sp³-hybridized carbons (Fsp3) is 0.579. The van der Waals surface area contributed by atoms with Crippen LogP contribution in [0.3, 0.4) is 0 Å². The first kappa shape index (κ1) is 18.5. The number of nitrogens with one attached hydrogen (secondary N) is 1. The van der Waals surface area contributed by atoms with E-state index in [-0.39, 0.29) is 18.0 Å². The summed E-state index contributed by atoms with van der Waals surface area (Å²) in [7, 11) is 0. The molecule has 2 heterocycles. The average molecular weight is 362 g/mol. The molecule has 0 aromatic heterocycles. The number of guanidine groups is 1. The van der Waals surface area contributed by atoms with Gasteiger partial charge in [0, 0.05) is 26.2 Å². The van der Waals surface area contributed by atoms with Gasteiger partial charge >= 0.3 is 6.09 Å². The van der Waals surface area contributed by atoms with E-state index in [4.69, 9.17) is 4.74 Å². The Morgan fingerprint density at radius 3 is 2.73 bits per heavy atom. The van der Waals surface area contributed by atoms with Crippen LogP contribution in [0.1, 0.15) is 26.3 Å². The van der Waals surface area contributed by atoms with Gasteiger partial charge in [-0.15, -0.1) is 0 Å². The zero-order chi connectivity index (χ0) is 18.7. The molecule has 1 unspecified atom stereocenters. The molecule has 7 heteroatoms. The lowest BCUT2D eigenvalue weighted by molar-refractivity contribution is 0.0137. The van der Waals surface area contributed by atoms with Gasteiger partial charge in [0.2, 0.25) is 0 Å². The van der Waals surface area contributed by atoms with Crippen LogP contribution in [0, 0.1) is 5.82 Å². The molecule has 1 saturated heterocycles. The van der Waals surface area contributed by atoms with Crippen LogP contribution in [0.5, 0.6) is 0 Å². The number of hydrogen-bond acceptors (Lipinski definition) is 5. The number of carbonyl (C=O) groups excluding carboxylic acids is 1. The zero-order valence-electron chi connectivity index (χ0n) is 15.7. The smallest absolute Gasteiger partial charge is 0.410 e. The van der Waals surface area contributed by atoms with E-state index in [1.807, 2.05) is 20.8 Å². The SMILES string of the molecule is CC(C)(C)OC(=O)N1CCN2C(NCCc3ccc(F)cc3)=NCC2C1. The topological polar surface area (TPSA) is 57.2 Å². The maximum absolute atomic E-state index is 12.9. The first-order valence-electron chi connectivity index (χ1n) is 9.09. The van der Waals surface area contributed by atoms with Crippen LogP contribution in [0.4, 0.5) is 9.18 Å². The summed E-state index contributed by atoms with van der Waals surface area (Å²) in [6.45, 7) is 9.05. The summed E-state index contributed by atoms with van der Waals surface area (Å²) in [6, 6.07) is 6.76. The minimum Gasteiger partial charge on any atom is -0.444 e. The molecule has 2 aliphatic rings. The van der Waals surface area contributed by atoms with E-state index in [1.54, 1.807) is 17.0 Å². The Morgan fingerprint density at radius 1 is 1.31 bits per heavy atom. The summed E-state index contributed by atoms with van der Waals surface area (Å²) in [5.74, 6) is 0.675. The van der Waals surface area contributed by atoms with Crippen LogP contribution >= 0.6 is 0 Å². The van der Waals surface area contributed by atoms with Crippen molar-refractivity contribution < 1.29 is 13.9 Å². The summed E-state index contributed by atoms with van der Waals surface area (Å²) >= 11 is 0. The van der Waals surface area contributed by atoms with Gasteiger partial charge in [-0.3, -0.25) is 4.99 Å². The summed E-state index contributed by atoms with van der Waals surface area (Å²) in [5, 5.41) is 3.37. The molecule has 2 aliphatic heterocycles. The highest BCUT2D eigenvalue weighted by atomic mass is 19.1. The largest absolute Gasteiger partial charge is 0.444 e. The molecule has 1 amide bonds. The van der Waals surface area contributed by atoms with Gasteiger partial charge in [-0.25, -0.2) is 9.18 Å². The number of piperazine rings is 1. The Labute approximate surface area is 154 Å². The molecule has 0 bridgehead atoms. The number of hydrogen-bond donors (Lipinski definition) is 1. The number of benzene rings is 1. The average Bonchev–Trinajstić information content (AvgIpc) is 2.97. The van der Waals surface area contributed by atoms with E-state index in [1.165, 1.54) is 12.1 Å². The molecule has 0 spiro atoms. The second-order valence-corrected chi connectivity index (χ2v) is 7.74. The predicted octanol–water partition coefficient (Wildman–Crippen LogP) is 2.25. The number of amides is 1. The van der Waals surface area contributed by atoms with Crippen molar-refractivity contribution >= 4 is 12.1 Å². The Bertz CT molecular complexity index is 669. The molecule has 1 N–H and O–H groups in total. The molecule has 1 atom stereocenters. The molecule has 1 aromatic carbocycles. The molecular weight excluding hydrogens is 335 g/mol. The quantitative estimate of drug-likeness (QED) is 0.896. The molecule has 0 radical (unpaired) electrons. The minimum atomic E-state index is -0.479. The van der Waals surface area contributed by atoms with Gasteiger partial charge in [0.05, 0.1) is 12.6 Å². The fourth-order valence-corrected chi connectivity index (χ4v) is 3.19. The normalized spacial score (nSPS) is 19.8. The monoisotopic (exact) mass is 362 g/mol. The van der Waals surface area contributed by atoms with E-state index in [0.29, 0.717) is 19.6 Å². The minimum absolute atomic E-state index is 0.199. The molecule has 0 aliphatic carbocycles. The van der Waals surface area contributed by atoms with E-state index in [0.717, 1.165) is 31.0 Å². The van der Waals surface area contributed by atoms with Crippen LogP contribution in [0.2, 0.25) is 0 Å². The highest BCUT2D eigenvalue weighted by Crippen LogP contribution is 2.18. The second-order valence-electron chi connectivity index (χ2n) is 7.74. The van der Waals surface area contributed by atoms with Crippen molar-refractivity contribution in [2.45, 2.75) is 38.8 Å². The van der Waals surface area contributed by atoms with Crippen molar-refractivity contribution in [2.24, 2.45) is 4.99 Å². The molecule has 142 valence electrons. The Hall–Kier alpha value is -2.31. The summed E-state index contributed by atoms with van der Waals surface area (Å²) in [5.41, 5.74) is 0.608. The van der Waals surface area contributed by atoms with Crippen LogP contribution in [0.25, 0.3) is 0 Å². The van der Waals surface area contributed by atoms with E-state index in [2.05, 4.69) is 15.2 Å². The number of fused-ring (bicyclic) bond motifs is 1. The van der Waals surface area contributed by atoms with E-state index in [9.17, 15) is 9.18 Å². The van der Waals surface area contributed by atoms with Gasteiger partial charge in [0.25, 0.3) is 0 Å². The molecule has 3 rings (SSSR count). The molecule has 26 heavy (non-hydrogen) atoms. The van der Waals surface area contributed by atoms with Crippen molar-refractivity contribution in [2.75, 3.05) is 32.7 Å². The van der Waals surface area contributed by atoms with Crippen molar-refractivity contribution in [3.05, 3.63) is 35.6 Å². The lowest BCUT2D eigenvalue weighted by Crippen LogP contribution is -2.57. The highest BCUT2D eigenvalue weighted by Gasteiger charge is 2.36. The van der Waals surface area contributed by atoms with E-state index >= 15 is 0 Å². The van der Waals surface area contributed by atoms with Crippen molar-refractivity contribution in [1.29, 1.82) is 0 Å². The van der Waals surface area contributed by atoms with Gasteiger partial charge in [-0.1, -0.05) is 12.1 Å². The van der Waals surface area contributed by atoms with Crippen LogP contribution in [-0.4, -0.2) is 66.2 Å². The summed E-state index contributed by atoms with van der Waals surface area (Å²) < 4.78 is 18.4. The van der Waals surface area contributed by atoms with Crippen LogP contribution < -0.4 is 5.32 Å². The molecule has 6 nitrogen and oxygen atoms in total. The number of ether oxygens (including phenoxy) is 1. The van der Waals surface area contributed by atoms with Gasteiger partial charge in [0.1, 0.15) is 11.4 Å². The third kappa shape index (κ3) is 4.65. The summed E-state index contributed by atoms with van der Waals surface area (Å²) in [6.07, 6.45) is 0.553. The van der Waals surface area contributed by atoms with Crippen molar-refractivity contribution in [3.8, 4) is 0 Å². The standard InChI is InChI=1S/C19H27FN4O2/c1-19(2,3)26-18(25)23-10-11-24-16(13-23)12-22-17(24)21-9-8-14-4-6-15(20)7-5-14/h4-7,16H,8-13H2,1-3H3,(H,21,22). The van der Waals surface area contributed by atoms with Gasteiger partial charge in [0.15, 0.2) is 5.96 Å². The maximum Gasteiger partial charge on any atom is 0.410 e. The Balaban J connectivity index is 1.46. The molecule has 1 fully saturated rings. The maximum atomic E-state index is 12.9. The Morgan fingerprint density at radius 2 is 2.04 bits per heavy atom. The van der Waals surface area contributed by atoms with Crippen LogP contribution in [-0.2, 0) is 11.2 Å². The number of halogens is 1. The number of aliphatic imine (C=N–C) groups is 1. The summed E-state index contributed by atoms with van der Waals surface area (Å²) in [4.78, 5) is 20.8. The third-order valence-corrected chi connectivity index (χ3v) is 4.47. The first-order chi connectivity index (χ1) is 12.3. The number of nitrogens with zero attached hydrogens (tertiary/aromatic N) is 3. The predicted molar refractivity (Wildman–Crippen MR) is 98.7 cm³/mol. The lowest BCUT2D eigenvalue weighted by Gasteiger charge is -2.39.